The largest absolute Gasteiger partial charge is 0.392 e. The molecule has 8 heteroatoms. The predicted molar refractivity (Wildman–Crippen MR) is 205 cm³/mol. The molecule has 11 fully saturated rings. The van der Waals surface area contributed by atoms with Gasteiger partial charge in [0.2, 0.25) is 0 Å². The number of hydrogen-bond acceptors (Lipinski definition) is 8. The van der Waals surface area contributed by atoms with Gasteiger partial charge in [0.15, 0.2) is 0 Å². The molecule has 0 aromatic carbocycles. The highest BCUT2D eigenvalue weighted by molar-refractivity contribution is 5.12. The Morgan fingerprint density at radius 3 is 0.692 bits per heavy atom. The lowest BCUT2D eigenvalue weighted by Crippen LogP contribution is -2.59. The summed E-state index contributed by atoms with van der Waals surface area (Å²) in [6.07, 6.45) is 29.6. The molecular formula is C44H74N6O2. The standard InChI is InChI=1S/C44H74N6O2/c51-39-31-19-9-20-32(39)36-25-13-3-7-17-29(25)43(47-36)50-44-30-18-8-4-14-26(30)38(48-44)34-22-10-21-33(40(34)52)37-24-12-2-6-16-28(24)42(46-37)49-41-27-15-5-1-11-23(27)35(31)45-41/h23-52H,1-22H2. The van der Waals surface area contributed by atoms with Crippen LogP contribution in [-0.2, 0) is 0 Å². The average Bonchev–Trinajstić information content (AvgIpc) is 3.94. The first kappa shape index (κ1) is 34.9. The van der Waals surface area contributed by atoms with Crippen LogP contribution in [0.3, 0.4) is 0 Å². The molecule has 0 amide bonds. The zero-order chi connectivity index (χ0) is 34.5. The maximum Gasteiger partial charge on any atom is 0.0626 e. The Kier molecular flexibility index (Phi) is 9.56. The van der Waals surface area contributed by atoms with E-state index >= 15 is 0 Å². The molecule has 11 aliphatic rings. The lowest BCUT2D eigenvalue weighted by atomic mass is 9.64. The van der Waals surface area contributed by atoms with E-state index in [1.807, 2.05) is 0 Å². The van der Waals surface area contributed by atoms with Crippen LogP contribution < -0.4 is 31.9 Å². The van der Waals surface area contributed by atoms with Gasteiger partial charge in [-0.1, -0.05) is 64.2 Å². The first-order valence-corrected chi connectivity index (χ1v) is 23.5. The minimum atomic E-state index is -0.216. The molecule has 0 aromatic heterocycles. The minimum Gasteiger partial charge on any atom is -0.392 e. The van der Waals surface area contributed by atoms with Gasteiger partial charge >= 0.3 is 0 Å². The molecule has 0 spiro atoms. The van der Waals surface area contributed by atoms with E-state index in [9.17, 15) is 10.2 Å². The number of hydrogen-bond donors (Lipinski definition) is 8. The van der Waals surface area contributed by atoms with E-state index in [-0.39, 0.29) is 12.2 Å². The first-order valence-electron chi connectivity index (χ1n) is 23.5. The molecule has 0 aromatic rings. The van der Waals surface area contributed by atoms with Crippen molar-refractivity contribution in [2.45, 2.75) is 202 Å². The lowest BCUT2D eigenvalue weighted by molar-refractivity contribution is -0.0275. The van der Waals surface area contributed by atoms with Gasteiger partial charge in [0.1, 0.15) is 0 Å². The fraction of sp³-hybridized carbons (Fsp3) is 1.00. The van der Waals surface area contributed by atoms with E-state index in [0.717, 1.165) is 0 Å². The highest BCUT2D eigenvalue weighted by Gasteiger charge is 2.58. The number of aliphatic hydroxyl groups excluding tert-OH is 2. The summed E-state index contributed by atoms with van der Waals surface area (Å²) in [4.78, 5) is 0. The van der Waals surface area contributed by atoms with Gasteiger partial charge in [-0.05, 0) is 124 Å². The second kappa shape index (κ2) is 14.3. The van der Waals surface area contributed by atoms with E-state index in [4.69, 9.17) is 0 Å². The minimum absolute atomic E-state index is 0.216. The zero-order valence-electron chi connectivity index (χ0n) is 32.2. The fourth-order valence-electron chi connectivity index (χ4n) is 16.9. The van der Waals surface area contributed by atoms with E-state index in [1.165, 1.54) is 141 Å². The van der Waals surface area contributed by atoms with Gasteiger partial charge in [-0.25, -0.2) is 0 Å². The third kappa shape index (κ3) is 5.70. The van der Waals surface area contributed by atoms with Gasteiger partial charge in [0.05, 0.1) is 36.9 Å². The van der Waals surface area contributed by atoms with Gasteiger partial charge < -0.3 is 10.2 Å². The van der Waals surface area contributed by atoms with Crippen molar-refractivity contribution in [1.29, 1.82) is 0 Å². The molecule has 8 N–H and O–H groups in total. The Balaban J connectivity index is 0.961. The molecule has 5 aliphatic heterocycles. The SMILES string of the molecule is OC1C2CCCC1C1NC(NC3NC(C4CCCC(C4O)C4NC(NC5NC2C2CCCCC52)C2CCCCC24)C2CCCCC32)C2CCCCC21. The van der Waals surface area contributed by atoms with Crippen LogP contribution >= 0.6 is 0 Å². The second-order valence-electron chi connectivity index (χ2n) is 21.0. The van der Waals surface area contributed by atoms with E-state index in [1.54, 1.807) is 0 Å². The summed E-state index contributed by atoms with van der Waals surface area (Å²) >= 11 is 0. The monoisotopic (exact) mass is 719 g/mol. The van der Waals surface area contributed by atoms with Crippen molar-refractivity contribution in [1.82, 2.24) is 31.9 Å². The summed E-state index contributed by atoms with van der Waals surface area (Å²) < 4.78 is 0. The van der Waals surface area contributed by atoms with Crippen molar-refractivity contribution in [2.24, 2.45) is 71.0 Å². The van der Waals surface area contributed by atoms with E-state index < -0.39 is 0 Å². The number of nitrogens with one attached hydrogen (secondary N) is 6. The van der Waals surface area contributed by atoms with Gasteiger partial charge in [-0.2, -0.15) is 0 Å². The third-order valence-electron chi connectivity index (χ3n) is 19.0. The van der Waals surface area contributed by atoms with Crippen LogP contribution in [0.2, 0.25) is 0 Å². The van der Waals surface area contributed by atoms with Crippen LogP contribution in [0.15, 0.2) is 0 Å². The summed E-state index contributed by atoms with van der Waals surface area (Å²) in [6, 6.07) is 1.69. The highest BCUT2D eigenvalue weighted by Crippen LogP contribution is 2.52. The Morgan fingerprint density at radius 1 is 0.231 bits per heavy atom. The molecule has 292 valence electrons. The summed E-state index contributed by atoms with van der Waals surface area (Å²) in [5.41, 5.74) is 0. The highest BCUT2D eigenvalue weighted by atomic mass is 16.3. The molecule has 11 rings (SSSR count). The predicted octanol–water partition coefficient (Wildman–Crippen LogP) is 5.15. The average molecular weight is 719 g/mol. The molecule has 0 radical (unpaired) electrons. The van der Waals surface area contributed by atoms with Gasteiger partial charge in [-0.15, -0.1) is 0 Å². The lowest BCUT2D eigenvalue weighted by Gasteiger charge is -2.44. The summed E-state index contributed by atoms with van der Waals surface area (Å²) in [5, 5.41) is 51.2. The molecule has 12 bridgehead atoms. The molecule has 6 saturated carbocycles. The Hall–Kier alpha value is -0.320. The molecule has 20 unspecified atom stereocenters. The normalized spacial score (nSPS) is 58.7. The van der Waals surface area contributed by atoms with Crippen molar-refractivity contribution in [3.63, 3.8) is 0 Å². The van der Waals surface area contributed by atoms with E-state index in [0.29, 0.717) is 120 Å². The van der Waals surface area contributed by atoms with Gasteiger partial charge in [0, 0.05) is 47.8 Å². The molecule has 8 nitrogen and oxygen atoms in total. The summed E-state index contributed by atoms with van der Waals surface area (Å²) in [7, 11) is 0. The van der Waals surface area contributed by atoms with Crippen molar-refractivity contribution < 1.29 is 10.2 Å². The molecule has 5 heterocycles. The van der Waals surface area contributed by atoms with Crippen LogP contribution in [0.1, 0.15) is 141 Å². The van der Waals surface area contributed by atoms with Crippen molar-refractivity contribution >= 4 is 0 Å². The Bertz CT molecular complexity index is 1090. The van der Waals surface area contributed by atoms with Gasteiger partial charge in [0.25, 0.3) is 0 Å². The van der Waals surface area contributed by atoms with Crippen LogP contribution in [0.25, 0.3) is 0 Å². The van der Waals surface area contributed by atoms with Crippen molar-refractivity contribution in [3.05, 3.63) is 0 Å². The molecule has 6 aliphatic carbocycles. The number of fused-ring (bicyclic) bond motifs is 28. The quantitative estimate of drug-likeness (QED) is 0.174. The molecule has 5 saturated heterocycles. The maximum absolute atomic E-state index is 12.6. The summed E-state index contributed by atoms with van der Waals surface area (Å²) in [5.74, 6) is 6.82. The Labute approximate surface area is 314 Å². The zero-order valence-corrected chi connectivity index (χ0v) is 32.2. The Morgan fingerprint density at radius 2 is 0.442 bits per heavy atom. The smallest absolute Gasteiger partial charge is 0.0626 e. The van der Waals surface area contributed by atoms with Gasteiger partial charge in [-0.3, -0.25) is 31.9 Å². The molecule has 52 heavy (non-hydrogen) atoms. The topological polar surface area (TPSA) is 113 Å². The van der Waals surface area contributed by atoms with E-state index in [2.05, 4.69) is 31.9 Å². The third-order valence-corrected chi connectivity index (χ3v) is 19.0. The molecular weight excluding hydrogens is 645 g/mol. The number of rotatable bonds is 0. The molecule has 20 atom stereocenters. The van der Waals surface area contributed by atoms with Crippen molar-refractivity contribution in [3.8, 4) is 0 Å². The second-order valence-corrected chi connectivity index (χ2v) is 21.0. The first-order chi connectivity index (χ1) is 25.6. The van der Waals surface area contributed by atoms with Crippen molar-refractivity contribution in [2.75, 3.05) is 0 Å². The van der Waals surface area contributed by atoms with Crippen LogP contribution in [-0.4, -0.2) is 71.3 Å². The summed E-state index contributed by atoms with van der Waals surface area (Å²) in [6.45, 7) is 0. The number of aliphatic hydroxyl groups is 2. The maximum atomic E-state index is 12.6. The van der Waals surface area contributed by atoms with Crippen LogP contribution in [0, 0.1) is 71.0 Å². The fourth-order valence-corrected chi connectivity index (χ4v) is 16.9. The van der Waals surface area contributed by atoms with Crippen LogP contribution in [0.4, 0.5) is 0 Å². The van der Waals surface area contributed by atoms with Crippen LogP contribution in [0.5, 0.6) is 0 Å².